The average molecular weight is 336 g/mol. The average Bonchev–Trinajstić information content (AvgIpc) is 3.41. The van der Waals surface area contributed by atoms with Crippen molar-refractivity contribution < 1.29 is 9.13 Å². The molecule has 1 aliphatic rings. The van der Waals surface area contributed by atoms with Gasteiger partial charge in [-0.3, -0.25) is 9.89 Å². The van der Waals surface area contributed by atoms with Crippen LogP contribution in [0.4, 0.5) is 4.39 Å². The van der Waals surface area contributed by atoms with E-state index >= 15 is 0 Å². The molecule has 0 aliphatic heterocycles. The number of nitrogens with zero attached hydrogens (tertiary/aromatic N) is 2. The van der Waals surface area contributed by atoms with Crippen LogP contribution in [0.25, 0.3) is 0 Å². The Morgan fingerprint density at radius 2 is 2.04 bits per heavy atom. The number of rotatable bonds is 9. The normalized spacial score (nSPS) is 16.1. The highest BCUT2D eigenvalue weighted by molar-refractivity contribution is 5.79. The number of nitrogens with one attached hydrogen (secondary N) is 2. The monoisotopic (exact) mass is 336 g/mol. The van der Waals surface area contributed by atoms with Gasteiger partial charge in [-0.25, -0.2) is 4.39 Å². The van der Waals surface area contributed by atoms with Crippen molar-refractivity contribution in [2.45, 2.75) is 38.8 Å². The van der Waals surface area contributed by atoms with Crippen molar-refractivity contribution in [2.75, 3.05) is 33.2 Å². The van der Waals surface area contributed by atoms with Gasteiger partial charge < -0.3 is 15.4 Å². The molecule has 0 saturated heterocycles. The van der Waals surface area contributed by atoms with E-state index in [4.69, 9.17) is 4.74 Å². The summed E-state index contributed by atoms with van der Waals surface area (Å²) < 4.78 is 18.6. The molecule has 1 fully saturated rings. The van der Waals surface area contributed by atoms with Crippen molar-refractivity contribution in [3.8, 4) is 5.75 Å². The lowest BCUT2D eigenvalue weighted by Crippen LogP contribution is -2.44. The first-order chi connectivity index (χ1) is 11.6. The molecule has 1 aromatic rings. The Morgan fingerprint density at radius 1 is 1.33 bits per heavy atom. The Bertz CT molecular complexity index is 516. The summed E-state index contributed by atoms with van der Waals surface area (Å²) >= 11 is 0. The van der Waals surface area contributed by atoms with Gasteiger partial charge in [-0.1, -0.05) is 6.92 Å². The van der Waals surface area contributed by atoms with Crippen molar-refractivity contribution in [1.82, 2.24) is 15.5 Å². The van der Waals surface area contributed by atoms with Crippen molar-refractivity contribution in [3.63, 3.8) is 0 Å². The van der Waals surface area contributed by atoms with Gasteiger partial charge in [0.05, 0.1) is 6.54 Å². The molecule has 0 heterocycles. The van der Waals surface area contributed by atoms with Gasteiger partial charge in [0.2, 0.25) is 0 Å². The molecule has 1 aromatic carbocycles. The maximum atomic E-state index is 12.9. The van der Waals surface area contributed by atoms with Crippen molar-refractivity contribution in [3.05, 3.63) is 30.1 Å². The van der Waals surface area contributed by atoms with Crippen LogP contribution in [-0.4, -0.2) is 56.2 Å². The van der Waals surface area contributed by atoms with Crippen molar-refractivity contribution in [1.29, 1.82) is 0 Å². The molecule has 2 N–H and O–H groups in total. The van der Waals surface area contributed by atoms with Crippen LogP contribution in [0.5, 0.6) is 5.75 Å². The second kappa shape index (κ2) is 9.47. The van der Waals surface area contributed by atoms with Crippen molar-refractivity contribution in [2.24, 2.45) is 4.99 Å². The quantitative estimate of drug-likeness (QED) is 0.536. The second-order valence-corrected chi connectivity index (χ2v) is 6.12. The highest BCUT2D eigenvalue weighted by Gasteiger charge is 2.27. The molecule has 0 radical (unpaired) electrons. The predicted molar refractivity (Wildman–Crippen MR) is 96.1 cm³/mol. The van der Waals surface area contributed by atoms with E-state index in [2.05, 4.69) is 27.4 Å². The Hall–Kier alpha value is -1.82. The summed E-state index contributed by atoms with van der Waals surface area (Å²) in [6, 6.07) is 6.85. The molecule has 0 bridgehead atoms. The Kier molecular flexibility index (Phi) is 7.31. The zero-order valence-electron chi connectivity index (χ0n) is 14.9. The molecule has 1 aliphatic carbocycles. The minimum atomic E-state index is -0.259. The van der Waals surface area contributed by atoms with Crippen LogP contribution < -0.4 is 15.4 Å². The maximum Gasteiger partial charge on any atom is 0.191 e. The summed E-state index contributed by atoms with van der Waals surface area (Å²) in [6.07, 6.45) is 2.62. The van der Waals surface area contributed by atoms with Gasteiger partial charge in [0.15, 0.2) is 5.96 Å². The second-order valence-electron chi connectivity index (χ2n) is 6.12. The molecule has 134 valence electrons. The number of benzene rings is 1. The number of aliphatic imine (C=N–C) groups is 1. The number of likely N-dealkylation sites (N-methyl/N-ethyl adjacent to an activating group) is 1. The summed E-state index contributed by atoms with van der Waals surface area (Å²) in [5, 5.41) is 6.59. The van der Waals surface area contributed by atoms with Gasteiger partial charge in [0.1, 0.15) is 17.7 Å². The largest absolute Gasteiger partial charge is 0.489 e. The molecular formula is C18H29FN4O. The minimum Gasteiger partial charge on any atom is -0.489 e. The Balaban J connectivity index is 1.65. The zero-order chi connectivity index (χ0) is 17.4. The van der Waals surface area contributed by atoms with Crippen LogP contribution in [0.3, 0.4) is 0 Å². The van der Waals surface area contributed by atoms with E-state index in [1.54, 1.807) is 19.2 Å². The van der Waals surface area contributed by atoms with Crippen LogP contribution in [-0.2, 0) is 0 Å². The third kappa shape index (κ3) is 6.35. The molecule has 1 saturated carbocycles. The molecule has 0 spiro atoms. The molecule has 24 heavy (non-hydrogen) atoms. The molecule has 0 aromatic heterocycles. The number of guanidine groups is 1. The lowest BCUT2D eigenvalue weighted by Gasteiger charge is -2.21. The fourth-order valence-electron chi connectivity index (χ4n) is 2.60. The highest BCUT2D eigenvalue weighted by atomic mass is 19.1. The minimum absolute atomic E-state index is 0.0485. The summed E-state index contributed by atoms with van der Waals surface area (Å²) in [6.45, 7) is 7.80. The molecule has 2 rings (SSSR count). The fraction of sp³-hybridized carbons (Fsp3) is 0.611. The Labute approximate surface area is 144 Å². The third-order valence-electron chi connectivity index (χ3n) is 4.09. The van der Waals surface area contributed by atoms with Gasteiger partial charge in [0.25, 0.3) is 0 Å². The van der Waals surface area contributed by atoms with Gasteiger partial charge in [-0.05, 0) is 50.6 Å². The molecule has 6 heteroatoms. The molecule has 5 nitrogen and oxygen atoms in total. The van der Waals surface area contributed by atoms with Gasteiger partial charge >= 0.3 is 0 Å². The predicted octanol–water partition coefficient (Wildman–Crippen LogP) is 2.24. The highest BCUT2D eigenvalue weighted by Crippen LogP contribution is 2.25. The number of halogens is 1. The summed E-state index contributed by atoms with van der Waals surface area (Å²) in [4.78, 5) is 6.73. The number of ether oxygens (including phenoxy) is 1. The fourth-order valence-corrected chi connectivity index (χ4v) is 2.60. The van der Waals surface area contributed by atoms with E-state index in [9.17, 15) is 4.39 Å². The SMILES string of the molecule is CCN(CCNC(=NC)NCC(C)Oc1ccc(F)cc1)C1CC1. The Morgan fingerprint density at radius 3 is 2.62 bits per heavy atom. The third-order valence-corrected chi connectivity index (χ3v) is 4.09. The number of hydrogen-bond acceptors (Lipinski definition) is 3. The maximum absolute atomic E-state index is 12.9. The standard InChI is InChI=1S/C18H29FN4O/c1-4-23(16-7-8-16)12-11-21-18(20-3)22-13-14(2)24-17-9-5-15(19)6-10-17/h5-6,9-10,14,16H,4,7-8,11-13H2,1-3H3,(H2,20,21,22). The van der Waals surface area contributed by atoms with Crippen LogP contribution in [0.1, 0.15) is 26.7 Å². The topological polar surface area (TPSA) is 48.9 Å². The first-order valence-electron chi connectivity index (χ1n) is 8.73. The van der Waals surface area contributed by atoms with Gasteiger partial charge in [0, 0.05) is 26.2 Å². The molecule has 1 atom stereocenters. The van der Waals surface area contributed by atoms with E-state index in [0.29, 0.717) is 12.3 Å². The van der Waals surface area contributed by atoms with Gasteiger partial charge in [-0.15, -0.1) is 0 Å². The number of hydrogen-bond donors (Lipinski definition) is 2. The first kappa shape index (κ1) is 18.5. The van der Waals surface area contributed by atoms with E-state index in [0.717, 1.165) is 31.6 Å². The van der Waals surface area contributed by atoms with Crippen LogP contribution in [0.15, 0.2) is 29.3 Å². The van der Waals surface area contributed by atoms with E-state index in [1.165, 1.54) is 25.0 Å². The van der Waals surface area contributed by atoms with Crippen LogP contribution in [0.2, 0.25) is 0 Å². The molecule has 1 unspecified atom stereocenters. The lowest BCUT2D eigenvalue weighted by molar-refractivity contribution is 0.223. The van der Waals surface area contributed by atoms with Crippen molar-refractivity contribution >= 4 is 5.96 Å². The van der Waals surface area contributed by atoms with Gasteiger partial charge in [-0.2, -0.15) is 0 Å². The van der Waals surface area contributed by atoms with Crippen LogP contribution >= 0.6 is 0 Å². The summed E-state index contributed by atoms with van der Waals surface area (Å²) in [5.74, 6) is 1.18. The van der Waals surface area contributed by atoms with E-state index in [-0.39, 0.29) is 11.9 Å². The lowest BCUT2D eigenvalue weighted by atomic mass is 10.3. The van der Waals surface area contributed by atoms with Crippen LogP contribution in [0, 0.1) is 5.82 Å². The smallest absolute Gasteiger partial charge is 0.191 e. The van der Waals surface area contributed by atoms with E-state index < -0.39 is 0 Å². The molecule has 0 amide bonds. The molecular weight excluding hydrogens is 307 g/mol. The zero-order valence-corrected chi connectivity index (χ0v) is 14.9. The summed E-state index contributed by atoms with van der Waals surface area (Å²) in [5.41, 5.74) is 0. The van der Waals surface area contributed by atoms with E-state index in [1.807, 2.05) is 6.92 Å². The summed E-state index contributed by atoms with van der Waals surface area (Å²) in [7, 11) is 1.76. The first-order valence-corrected chi connectivity index (χ1v) is 8.73.